The first-order chi connectivity index (χ1) is 18.4. The standard InChI is InChI=1S/C30H25ClN4O3/c1-34(26-20-21-35(30(38)27(26)31)24-17-9-4-10-18-24)33-29(37)25(19-11-14-22-12-5-2-6-13-22)32-28(36)23-15-7-3-8-16-23/h2-19,21H,20H2,1H3,(H-,32,33,36,37)/p+1/b14-11+,25-19+. The lowest BCUT2D eigenvalue weighted by Crippen LogP contribution is -2.44. The van der Waals surface area contributed by atoms with Crippen molar-refractivity contribution in [2.45, 2.75) is 6.42 Å². The second-order valence-electron chi connectivity index (χ2n) is 8.33. The molecule has 0 radical (unpaired) electrons. The number of carbonyl (C=O) groups is 3. The van der Waals surface area contributed by atoms with Gasteiger partial charge < -0.3 is 5.32 Å². The Bertz CT molecular complexity index is 1450. The van der Waals surface area contributed by atoms with E-state index >= 15 is 0 Å². The molecule has 0 aliphatic carbocycles. The molecule has 3 aromatic rings. The number of para-hydroxylation sites is 1. The molecule has 0 saturated heterocycles. The Hall–Kier alpha value is -4.75. The van der Waals surface area contributed by atoms with Crippen molar-refractivity contribution in [3.05, 3.63) is 131 Å². The van der Waals surface area contributed by atoms with E-state index in [9.17, 15) is 14.4 Å². The normalized spacial score (nSPS) is 13.8. The number of hydrogen-bond acceptors (Lipinski definition) is 4. The van der Waals surface area contributed by atoms with Gasteiger partial charge in [-0.3, -0.25) is 20.0 Å². The topological polar surface area (TPSA) is 81.5 Å². The molecule has 38 heavy (non-hydrogen) atoms. The number of hydrogen-bond donors (Lipinski definition) is 2. The predicted octanol–water partition coefficient (Wildman–Crippen LogP) is 4.77. The predicted molar refractivity (Wildman–Crippen MR) is 148 cm³/mol. The van der Waals surface area contributed by atoms with Crippen LogP contribution in [0.3, 0.4) is 0 Å². The van der Waals surface area contributed by atoms with Crippen molar-refractivity contribution in [2.24, 2.45) is 0 Å². The lowest BCUT2D eigenvalue weighted by atomic mass is 10.2. The van der Waals surface area contributed by atoms with Crippen molar-refractivity contribution in [1.82, 2.24) is 15.8 Å². The van der Waals surface area contributed by atoms with E-state index in [1.54, 1.807) is 49.7 Å². The molecule has 190 valence electrons. The minimum Gasteiger partial charge on any atom is -0.317 e. The number of nitrogens with one attached hydrogen (secondary N) is 2. The monoisotopic (exact) mass is 525 g/mol. The summed E-state index contributed by atoms with van der Waals surface area (Å²) < 4.78 is 1.47. The molecular weight excluding hydrogens is 500 g/mol. The Morgan fingerprint density at radius 3 is 2.18 bits per heavy atom. The molecule has 0 saturated carbocycles. The third kappa shape index (κ3) is 6.52. The summed E-state index contributed by atoms with van der Waals surface area (Å²) in [6.07, 6.45) is 7.02. The van der Waals surface area contributed by atoms with Gasteiger partial charge in [0.05, 0.1) is 12.1 Å². The van der Waals surface area contributed by atoms with Gasteiger partial charge in [0.15, 0.2) is 11.2 Å². The summed E-state index contributed by atoms with van der Waals surface area (Å²) in [5.41, 5.74) is 5.19. The van der Waals surface area contributed by atoms with Crippen molar-refractivity contribution < 1.29 is 19.0 Å². The highest BCUT2D eigenvalue weighted by Gasteiger charge is 2.33. The smallest absolute Gasteiger partial charge is 0.317 e. The molecule has 3 amide bonds. The second kappa shape index (κ2) is 12.5. The lowest BCUT2D eigenvalue weighted by molar-refractivity contribution is -0.359. The molecule has 2 N–H and O–H groups in total. The number of nitrogens with zero attached hydrogens (tertiary/aromatic N) is 2. The number of benzene rings is 3. The molecule has 0 atom stereocenters. The zero-order valence-corrected chi connectivity index (χ0v) is 21.4. The van der Waals surface area contributed by atoms with Crippen LogP contribution in [0, 0.1) is 0 Å². The number of halogens is 1. The van der Waals surface area contributed by atoms with Gasteiger partial charge in [-0.1, -0.05) is 90.5 Å². The van der Waals surface area contributed by atoms with Gasteiger partial charge in [0.1, 0.15) is 5.70 Å². The maximum atomic E-state index is 13.2. The SMILES string of the molecule is CN(NC(=O)/C(=C\C=C\c1ccccc1)NC(=O)c1ccccc1)C1=C(Cl)C(=O)[N+](c2ccccc2)=CC1. The number of rotatable bonds is 8. The summed E-state index contributed by atoms with van der Waals surface area (Å²) >= 11 is 6.43. The molecule has 0 bridgehead atoms. The maximum absolute atomic E-state index is 13.2. The maximum Gasteiger partial charge on any atom is 0.438 e. The number of allylic oxidation sites excluding steroid dienone is 3. The van der Waals surface area contributed by atoms with Gasteiger partial charge in [0.25, 0.3) is 11.8 Å². The Morgan fingerprint density at radius 2 is 1.53 bits per heavy atom. The van der Waals surface area contributed by atoms with Crippen molar-refractivity contribution in [1.29, 1.82) is 0 Å². The molecule has 3 aromatic carbocycles. The number of hydrazine groups is 1. The third-order valence-electron chi connectivity index (χ3n) is 5.72. The molecule has 0 fully saturated rings. The quantitative estimate of drug-likeness (QED) is 0.192. The first kappa shape index (κ1) is 26.3. The minimum atomic E-state index is -0.579. The van der Waals surface area contributed by atoms with Gasteiger partial charge in [0, 0.05) is 24.7 Å². The van der Waals surface area contributed by atoms with E-state index in [2.05, 4.69) is 10.7 Å². The number of amides is 3. The average molecular weight is 526 g/mol. The van der Waals surface area contributed by atoms with Crippen LogP contribution in [0.15, 0.2) is 120 Å². The Labute approximate surface area is 226 Å². The Balaban J connectivity index is 1.52. The third-order valence-corrected chi connectivity index (χ3v) is 6.10. The van der Waals surface area contributed by atoms with Crippen LogP contribution in [-0.2, 0) is 9.59 Å². The molecule has 1 aliphatic rings. The summed E-state index contributed by atoms with van der Waals surface area (Å²) in [4.78, 5) is 39.0. The van der Waals surface area contributed by atoms with Crippen LogP contribution in [0.2, 0.25) is 0 Å². The summed E-state index contributed by atoms with van der Waals surface area (Å²) in [6.45, 7) is 0. The molecular formula is C30H26ClN4O3+. The largest absolute Gasteiger partial charge is 0.438 e. The number of carbonyl (C=O) groups excluding carboxylic acids is 3. The van der Waals surface area contributed by atoms with Crippen molar-refractivity contribution in [3.8, 4) is 0 Å². The summed E-state index contributed by atoms with van der Waals surface area (Å²) in [7, 11) is 1.59. The van der Waals surface area contributed by atoms with Gasteiger partial charge in [-0.25, -0.2) is 4.79 Å². The Kier molecular flexibility index (Phi) is 8.64. The van der Waals surface area contributed by atoms with E-state index in [0.29, 0.717) is 23.4 Å². The van der Waals surface area contributed by atoms with Gasteiger partial charge in [-0.05, 0) is 23.8 Å². The molecule has 4 rings (SSSR count). The fourth-order valence-corrected chi connectivity index (χ4v) is 4.03. The van der Waals surface area contributed by atoms with Crippen molar-refractivity contribution in [3.63, 3.8) is 0 Å². The molecule has 8 heteroatoms. The van der Waals surface area contributed by atoms with Crippen molar-refractivity contribution >= 4 is 47.3 Å². The van der Waals surface area contributed by atoms with Gasteiger partial charge in [0.2, 0.25) is 5.69 Å². The fraction of sp³-hybridized carbons (Fsp3) is 0.0667. The van der Waals surface area contributed by atoms with E-state index in [-0.39, 0.29) is 10.7 Å². The molecule has 0 unspecified atom stereocenters. The first-order valence-electron chi connectivity index (χ1n) is 11.9. The Morgan fingerprint density at radius 1 is 0.921 bits per heavy atom. The fourth-order valence-electron chi connectivity index (χ4n) is 3.73. The highest BCUT2D eigenvalue weighted by atomic mass is 35.5. The minimum absolute atomic E-state index is 0.0121. The van der Waals surface area contributed by atoms with Crippen LogP contribution in [-0.4, -0.2) is 40.6 Å². The zero-order chi connectivity index (χ0) is 26.9. The average Bonchev–Trinajstić information content (AvgIpc) is 2.95. The lowest BCUT2D eigenvalue weighted by Gasteiger charge is -2.24. The van der Waals surface area contributed by atoms with Crippen molar-refractivity contribution in [2.75, 3.05) is 7.05 Å². The molecule has 7 nitrogen and oxygen atoms in total. The van der Waals surface area contributed by atoms with E-state index < -0.39 is 17.7 Å². The van der Waals surface area contributed by atoms with Crippen LogP contribution in [0.4, 0.5) is 5.69 Å². The van der Waals surface area contributed by atoms with Gasteiger partial charge in [-0.2, -0.15) is 0 Å². The van der Waals surface area contributed by atoms with E-state index in [1.165, 1.54) is 15.7 Å². The molecule has 0 aromatic heterocycles. The molecule has 1 heterocycles. The van der Waals surface area contributed by atoms with Crippen LogP contribution < -0.4 is 10.7 Å². The van der Waals surface area contributed by atoms with Crippen LogP contribution in [0.5, 0.6) is 0 Å². The van der Waals surface area contributed by atoms with E-state index in [4.69, 9.17) is 11.6 Å². The summed E-state index contributed by atoms with van der Waals surface area (Å²) in [5, 5.41) is 4.06. The van der Waals surface area contributed by atoms with Crippen LogP contribution >= 0.6 is 11.6 Å². The zero-order valence-electron chi connectivity index (χ0n) is 20.7. The molecule has 0 spiro atoms. The van der Waals surface area contributed by atoms with E-state index in [1.807, 2.05) is 66.7 Å². The van der Waals surface area contributed by atoms with Crippen LogP contribution in [0.1, 0.15) is 22.3 Å². The van der Waals surface area contributed by atoms with Crippen LogP contribution in [0.25, 0.3) is 6.08 Å². The highest BCUT2D eigenvalue weighted by molar-refractivity contribution is 6.42. The van der Waals surface area contributed by atoms with Gasteiger partial charge >= 0.3 is 5.91 Å². The first-order valence-corrected chi connectivity index (χ1v) is 12.3. The summed E-state index contributed by atoms with van der Waals surface area (Å²) in [6, 6.07) is 27.3. The summed E-state index contributed by atoms with van der Waals surface area (Å²) in [5.74, 6) is -1.41. The molecule has 1 aliphatic heterocycles. The van der Waals surface area contributed by atoms with E-state index in [0.717, 1.165) is 5.56 Å². The second-order valence-corrected chi connectivity index (χ2v) is 8.71. The van der Waals surface area contributed by atoms with Gasteiger partial charge in [-0.15, -0.1) is 4.58 Å². The highest BCUT2D eigenvalue weighted by Crippen LogP contribution is 2.24.